The van der Waals surface area contributed by atoms with E-state index in [1.54, 1.807) is 4.57 Å². The van der Waals surface area contributed by atoms with Gasteiger partial charge < -0.3 is 15.5 Å². The minimum atomic E-state index is -0.0521. The van der Waals surface area contributed by atoms with Crippen LogP contribution in [-0.2, 0) is 11.3 Å². The van der Waals surface area contributed by atoms with Crippen LogP contribution in [0.1, 0.15) is 25.7 Å². The zero-order chi connectivity index (χ0) is 13.9. The van der Waals surface area contributed by atoms with Crippen molar-refractivity contribution in [3.05, 3.63) is 34.7 Å². The lowest BCUT2D eigenvalue weighted by Gasteiger charge is -2.16. The Morgan fingerprint density at radius 1 is 1.35 bits per heavy atom. The van der Waals surface area contributed by atoms with Crippen molar-refractivity contribution in [3.8, 4) is 0 Å². The van der Waals surface area contributed by atoms with Crippen molar-refractivity contribution in [1.82, 2.24) is 9.55 Å². The molecule has 0 radical (unpaired) electrons. The second-order valence-electron chi connectivity index (χ2n) is 5.46. The molecule has 0 saturated heterocycles. The van der Waals surface area contributed by atoms with Crippen LogP contribution in [-0.4, -0.2) is 28.3 Å². The van der Waals surface area contributed by atoms with Crippen LogP contribution in [0.3, 0.4) is 0 Å². The van der Waals surface area contributed by atoms with Gasteiger partial charge in [-0.1, -0.05) is 12.1 Å². The first-order chi connectivity index (χ1) is 9.75. The highest BCUT2D eigenvalue weighted by Gasteiger charge is 2.24. The van der Waals surface area contributed by atoms with E-state index in [9.17, 15) is 4.79 Å². The van der Waals surface area contributed by atoms with Gasteiger partial charge in [0, 0.05) is 19.2 Å². The fraction of sp³-hybridized carbons (Fsp3) is 0.533. The highest BCUT2D eigenvalue weighted by Crippen LogP contribution is 2.20. The molecule has 1 aromatic carbocycles. The number of rotatable bonds is 5. The van der Waals surface area contributed by atoms with Gasteiger partial charge in [0.1, 0.15) is 0 Å². The number of nitrogens with zero attached hydrogens (tertiary/aromatic N) is 1. The average Bonchev–Trinajstić information content (AvgIpc) is 2.98. The van der Waals surface area contributed by atoms with Crippen LogP contribution in [0.4, 0.5) is 0 Å². The molecule has 1 fully saturated rings. The van der Waals surface area contributed by atoms with Crippen molar-refractivity contribution in [2.24, 2.45) is 5.73 Å². The number of nitrogens with one attached hydrogen (secondary N) is 1. The maximum atomic E-state index is 11.9. The number of aryl methyl sites for hydroxylation is 1. The topological polar surface area (TPSA) is 73.0 Å². The van der Waals surface area contributed by atoms with Crippen LogP contribution in [0.2, 0.25) is 0 Å². The van der Waals surface area contributed by atoms with Crippen LogP contribution in [0.25, 0.3) is 11.0 Å². The fourth-order valence-electron chi connectivity index (χ4n) is 2.95. The van der Waals surface area contributed by atoms with E-state index in [-0.39, 0.29) is 17.8 Å². The number of H-pyrrole nitrogens is 1. The molecule has 5 heteroatoms. The Hall–Kier alpha value is -1.59. The van der Waals surface area contributed by atoms with Gasteiger partial charge in [-0.3, -0.25) is 4.57 Å². The smallest absolute Gasteiger partial charge is 0.326 e. The monoisotopic (exact) mass is 275 g/mol. The first-order valence-electron chi connectivity index (χ1n) is 7.30. The van der Waals surface area contributed by atoms with Crippen molar-refractivity contribution in [1.29, 1.82) is 0 Å². The summed E-state index contributed by atoms with van der Waals surface area (Å²) in [6.45, 7) is 1.33. The number of hydrogen-bond acceptors (Lipinski definition) is 3. The molecular formula is C15H21N3O2. The Labute approximate surface area is 117 Å². The lowest BCUT2D eigenvalue weighted by Crippen LogP contribution is -2.31. The van der Waals surface area contributed by atoms with E-state index >= 15 is 0 Å². The highest BCUT2D eigenvalue weighted by molar-refractivity contribution is 5.74. The largest absolute Gasteiger partial charge is 0.377 e. The zero-order valence-corrected chi connectivity index (χ0v) is 11.5. The van der Waals surface area contributed by atoms with Gasteiger partial charge in [-0.05, 0) is 37.8 Å². The summed E-state index contributed by atoms with van der Waals surface area (Å²) in [4.78, 5) is 14.8. The third kappa shape index (κ3) is 2.64. The molecule has 3 rings (SSSR count). The molecule has 1 aliphatic rings. The maximum Gasteiger partial charge on any atom is 0.326 e. The lowest BCUT2D eigenvalue weighted by molar-refractivity contribution is 0.0449. The van der Waals surface area contributed by atoms with Gasteiger partial charge in [0.05, 0.1) is 17.1 Å². The van der Waals surface area contributed by atoms with Gasteiger partial charge in [0.25, 0.3) is 0 Å². The number of benzene rings is 1. The molecule has 0 amide bonds. The zero-order valence-electron chi connectivity index (χ0n) is 11.5. The van der Waals surface area contributed by atoms with E-state index in [1.165, 1.54) is 0 Å². The van der Waals surface area contributed by atoms with Gasteiger partial charge in [-0.2, -0.15) is 0 Å². The summed E-state index contributed by atoms with van der Waals surface area (Å²) in [5, 5.41) is 0. The summed E-state index contributed by atoms with van der Waals surface area (Å²) in [5.41, 5.74) is 7.76. The van der Waals surface area contributed by atoms with Crippen LogP contribution >= 0.6 is 0 Å². The molecule has 108 valence electrons. The van der Waals surface area contributed by atoms with Gasteiger partial charge in [0.15, 0.2) is 0 Å². The van der Waals surface area contributed by atoms with Crippen LogP contribution in [0, 0.1) is 0 Å². The summed E-state index contributed by atoms with van der Waals surface area (Å²) < 4.78 is 7.59. The first kappa shape index (κ1) is 13.4. The molecule has 2 unspecified atom stereocenters. The molecular weight excluding hydrogens is 254 g/mol. The summed E-state index contributed by atoms with van der Waals surface area (Å²) in [5.74, 6) is 0. The van der Waals surface area contributed by atoms with Crippen LogP contribution in [0.15, 0.2) is 29.1 Å². The number of aromatic nitrogens is 2. The van der Waals surface area contributed by atoms with E-state index in [2.05, 4.69) is 4.98 Å². The molecule has 20 heavy (non-hydrogen) atoms. The van der Waals surface area contributed by atoms with Crippen molar-refractivity contribution in [3.63, 3.8) is 0 Å². The Kier molecular flexibility index (Phi) is 3.89. The van der Waals surface area contributed by atoms with Gasteiger partial charge in [-0.25, -0.2) is 4.79 Å². The van der Waals surface area contributed by atoms with Crippen molar-refractivity contribution < 1.29 is 4.74 Å². The minimum absolute atomic E-state index is 0.0521. The van der Waals surface area contributed by atoms with Gasteiger partial charge >= 0.3 is 5.69 Å². The Bertz CT molecular complexity index is 631. The molecule has 3 N–H and O–H groups in total. The molecule has 1 heterocycles. The number of imidazole rings is 1. The van der Waals surface area contributed by atoms with E-state index in [1.807, 2.05) is 24.3 Å². The predicted molar refractivity (Wildman–Crippen MR) is 78.7 cm³/mol. The second-order valence-corrected chi connectivity index (χ2v) is 5.46. The van der Waals surface area contributed by atoms with Gasteiger partial charge in [0.2, 0.25) is 0 Å². The minimum Gasteiger partial charge on any atom is -0.377 e. The second kappa shape index (κ2) is 5.81. The van der Waals surface area contributed by atoms with E-state index < -0.39 is 0 Å². The first-order valence-corrected chi connectivity index (χ1v) is 7.30. The number of aromatic amines is 1. The SMILES string of the molecule is NC1CCCC1OCCCn1c(=O)[nH]c2ccccc21. The molecule has 0 spiro atoms. The number of ether oxygens (including phenoxy) is 1. The van der Waals surface area contributed by atoms with Crippen molar-refractivity contribution in [2.75, 3.05) is 6.61 Å². The number of para-hydroxylation sites is 2. The van der Waals surface area contributed by atoms with Crippen molar-refractivity contribution >= 4 is 11.0 Å². The molecule has 5 nitrogen and oxygen atoms in total. The quantitative estimate of drug-likeness (QED) is 0.814. The fourth-order valence-corrected chi connectivity index (χ4v) is 2.95. The molecule has 1 aliphatic carbocycles. The number of hydrogen-bond donors (Lipinski definition) is 2. The number of fused-ring (bicyclic) bond motifs is 1. The van der Waals surface area contributed by atoms with E-state index in [0.717, 1.165) is 36.7 Å². The molecule has 2 atom stereocenters. The van der Waals surface area contributed by atoms with E-state index in [4.69, 9.17) is 10.5 Å². The predicted octanol–water partition coefficient (Wildman–Crippen LogP) is 1.62. The standard InChI is InChI=1S/C15H21N3O2/c16-11-5-3-8-14(11)20-10-4-9-18-13-7-2-1-6-12(13)17-15(18)19/h1-2,6-7,11,14H,3-5,8-10,16H2,(H,17,19). The van der Waals surface area contributed by atoms with Crippen LogP contribution < -0.4 is 11.4 Å². The van der Waals surface area contributed by atoms with E-state index in [0.29, 0.717) is 13.2 Å². The number of nitrogens with two attached hydrogens (primary N) is 1. The third-order valence-electron chi connectivity index (χ3n) is 4.04. The van der Waals surface area contributed by atoms with Gasteiger partial charge in [-0.15, -0.1) is 0 Å². The summed E-state index contributed by atoms with van der Waals surface area (Å²) >= 11 is 0. The Balaban J connectivity index is 1.57. The lowest BCUT2D eigenvalue weighted by atomic mass is 10.2. The Morgan fingerprint density at radius 3 is 3.00 bits per heavy atom. The summed E-state index contributed by atoms with van der Waals surface area (Å²) in [6, 6.07) is 7.93. The third-order valence-corrected chi connectivity index (χ3v) is 4.04. The molecule has 0 aliphatic heterocycles. The van der Waals surface area contributed by atoms with Crippen molar-refractivity contribution in [2.45, 2.75) is 44.4 Å². The highest BCUT2D eigenvalue weighted by atomic mass is 16.5. The summed E-state index contributed by atoms with van der Waals surface area (Å²) in [7, 11) is 0. The maximum absolute atomic E-state index is 11.9. The average molecular weight is 275 g/mol. The molecule has 1 saturated carbocycles. The van der Waals surface area contributed by atoms with Crippen LogP contribution in [0.5, 0.6) is 0 Å². The normalized spacial score (nSPS) is 22.6. The molecule has 0 bridgehead atoms. The molecule has 1 aromatic heterocycles. The Morgan fingerprint density at radius 2 is 2.20 bits per heavy atom. The molecule has 2 aromatic rings. The summed E-state index contributed by atoms with van der Waals surface area (Å²) in [6.07, 6.45) is 4.31.